The number of nitrogens with one attached hydrogen (secondary N) is 2. The predicted molar refractivity (Wildman–Crippen MR) is 123 cm³/mol. The molecule has 2 aliphatic rings. The molecule has 0 spiro atoms. The second-order valence-corrected chi connectivity index (χ2v) is 12.8. The minimum atomic E-state index is -0.593. The van der Waals surface area contributed by atoms with Crippen molar-refractivity contribution in [1.82, 2.24) is 20.4 Å². The first-order chi connectivity index (χ1) is 12.8. The Morgan fingerprint density at radius 2 is 1.03 bits per heavy atom. The van der Waals surface area contributed by atoms with Crippen LogP contribution in [0.15, 0.2) is 0 Å². The van der Waals surface area contributed by atoms with Crippen LogP contribution in [0.1, 0.15) is 94.9 Å². The van der Waals surface area contributed by atoms with Crippen molar-refractivity contribution in [3.05, 3.63) is 0 Å². The Bertz CT molecular complexity index is 584. The van der Waals surface area contributed by atoms with Crippen molar-refractivity contribution in [2.45, 2.75) is 135 Å². The van der Waals surface area contributed by atoms with E-state index in [0.29, 0.717) is 6.04 Å². The Hall–Kier alpha value is -0.650. The van der Waals surface area contributed by atoms with E-state index in [1.807, 2.05) is 13.8 Å². The summed E-state index contributed by atoms with van der Waals surface area (Å²) in [5.41, 5.74) is -0.245. The minimum Gasteiger partial charge on any atom is -0.352 e. The molecule has 2 fully saturated rings. The van der Waals surface area contributed by atoms with E-state index in [2.05, 4.69) is 89.9 Å². The van der Waals surface area contributed by atoms with Gasteiger partial charge in [0.05, 0.1) is 5.54 Å². The predicted octanol–water partition coefficient (Wildman–Crippen LogP) is 3.77. The highest BCUT2D eigenvalue weighted by Crippen LogP contribution is 2.38. The van der Waals surface area contributed by atoms with Crippen LogP contribution in [-0.4, -0.2) is 69.6 Å². The van der Waals surface area contributed by atoms with Crippen LogP contribution in [0.4, 0.5) is 0 Å². The zero-order valence-corrected chi connectivity index (χ0v) is 21.3. The largest absolute Gasteiger partial charge is 0.352 e. The molecular weight excluding hydrogens is 360 g/mol. The number of rotatable bonds is 4. The summed E-state index contributed by atoms with van der Waals surface area (Å²) in [6, 6.07) is 0.525. The van der Waals surface area contributed by atoms with Crippen LogP contribution in [0, 0.1) is 0 Å². The van der Waals surface area contributed by atoms with Crippen LogP contribution in [0.5, 0.6) is 0 Å². The molecule has 2 N–H and O–H groups in total. The lowest BCUT2D eigenvalue weighted by atomic mass is 9.76. The third-order valence-electron chi connectivity index (χ3n) is 8.08. The average Bonchev–Trinajstić information content (AvgIpc) is 2.48. The summed E-state index contributed by atoms with van der Waals surface area (Å²) in [6.45, 7) is 22.4. The first kappa shape index (κ1) is 24.6. The van der Waals surface area contributed by atoms with E-state index in [1.54, 1.807) is 0 Å². The molecule has 0 unspecified atom stereocenters. The fourth-order valence-corrected chi connectivity index (χ4v) is 5.89. The summed E-state index contributed by atoms with van der Waals surface area (Å²) in [7, 11) is 4.42. The highest BCUT2D eigenvalue weighted by molar-refractivity contribution is 5.85. The normalized spacial score (nSPS) is 28.3. The Labute approximate surface area is 180 Å². The Morgan fingerprint density at radius 3 is 1.38 bits per heavy atom. The van der Waals surface area contributed by atoms with Crippen molar-refractivity contribution in [3.8, 4) is 0 Å². The fraction of sp³-hybridized carbons (Fsp3) is 0.958. The number of carbonyl (C=O) groups excluding carboxylic acids is 1. The van der Waals surface area contributed by atoms with Gasteiger partial charge in [0, 0.05) is 34.2 Å². The molecule has 5 nitrogen and oxygen atoms in total. The van der Waals surface area contributed by atoms with Gasteiger partial charge in [0.25, 0.3) is 0 Å². The molecule has 170 valence electrons. The number of nitrogens with zero attached hydrogens (tertiary/aromatic N) is 2. The molecule has 0 bridgehead atoms. The number of hydrogen-bond acceptors (Lipinski definition) is 4. The first-order valence-electron chi connectivity index (χ1n) is 11.4. The van der Waals surface area contributed by atoms with Gasteiger partial charge in [0.1, 0.15) is 0 Å². The van der Waals surface area contributed by atoms with E-state index in [1.165, 1.54) is 0 Å². The smallest absolute Gasteiger partial charge is 0.239 e. The topological polar surface area (TPSA) is 47.6 Å². The monoisotopic (exact) mass is 408 g/mol. The quantitative estimate of drug-likeness (QED) is 0.743. The zero-order valence-electron chi connectivity index (χ0n) is 21.3. The van der Waals surface area contributed by atoms with Crippen molar-refractivity contribution in [1.29, 1.82) is 0 Å². The molecule has 0 aromatic carbocycles. The van der Waals surface area contributed by atoms with Gasteiger partial charge in [0.2, 0.25) is 5.91 Å². The lowest BCUT2D eigenvalue weighted by Crippen LogP contribution is -2.67. The number of piperidine rings is 2. The van der Waals surface area contributed by atoms with E-state index < -0.39 is 5.54 Å². The van der Waals surface area contributed by atoms with Crippen LogP contribution in [0.25, 0.3) is 0 Å². The standard InChI is InChI=1S/C24H48N4O/c1-20(2)13-17(14-21(3,4)27(20)11)25-19(29)24(9,10)26-18-15-22(5,6)28(12)23(7,8)16-18/h17-18,26H,13-16H2,1-12H3,(H,25,29). The molecule has 2 saturated heterocycles. The number of likely N-dealkylation sites (tertiary alicyclic amines) is 2. The molecule has 1 amide bonds. The van der Waals surface area contributed by atoms with Gasteiger partial charge < -0.3 is 10.6 Å². The first-order valence-corrected chi connectivity index (χ1v) is 11.4. The van der Waals surface area contributed by atoms with Crippen molar-refractivity contribution >= 4 is 5.91 Å². The summed E-state index contributed by atoms with van der Waals surface area (Å²) in [5.74, 6) is 0.119. The lowest BCUT2D eigenvalue weighted by Gasteiger charge is -2.55. The molecule has 0 radical (unpaired) electrons. The third-order valence-corrected chi connectivity index (χ3v) is 8.08. The van der Waals surface area contributed by atoms with Crippen molar-refractivity contribution < 1.29 is 4.79 Å². The van der Waals surface area contributed by atoms with Crippen molar-refractivity contribution in [3.63, 3.8) is 0 Å². The second kappa shape index (κ2) is 7.49. The van der Waals surface area contributed by atoms with Gasteiger partial charge in [-0.15, -0.1) is 0 Å². The fourth-order valence-electron chi connectivity index (χ4n) is 5.89. The number of amides is 1. The molecule has 0 aliphatic carbocycles. The van der Waals surface area contributed by atoms with Crippen molar-refractivity contribution in [2.24, 2.45) is 0 Å². The highest BCUT2D eigenvalue weighted by Gasteiger charge is 2.47. The molecule has 2 rings (SSSR count). The average molecular weight is 409 g/mol. The maximum Gasteiger partial charge on any atom is 0.239 e. The van der Waals surface area contributed by atoms with Crippen molar-refractivity contribution in [2.75, 3.05) is 14.1 Å². The maximum absolute atomic E-state index is 13.3. The molecule has 2 heterocycles. The van der Waals surface area contributed by atoms with Crippen LogP contribution in [0.2, 0.25) is 0 Å². The molecule has 0 aromatic rings. The summed E-state index contributed by atoms with van der Waals surface area (Å²) >= 11 is 0. The Balaban J connectivity index is 2.07. The van der Waals surface area contributed by atoms with Gasteiger partial charge in [-0.05, 0) is 109 Å². The Kier molecular flexibility index (Phi) is 6.36. The summed E-state index contributed by atoms with van der Waals surface area (Å²) in [4.78, 5) is 18.2. The van der Waals surface area contributed by atoms with Crippen LogP contribution in [0.3, 0.4) is 0 Å². The molecule has 0 aromatic heterocycles. The number of carbonyl (C=O) groups is 1. The number of hydrogen-bond donors (Lipinski definition) is 2. The molecule has 29 heavy (non-hydrogen) atoms. The molecule has 5 heteroatoms. The zero-order chi connectivity index (χ0) is 22.6. The minimum absolute atomic E-state index is 0.0687. The van der Waals surface area contributed by atoms with E-state index in [4.69, 9.17) is 0 Å². The van der Waals surface area contributed by atoms with Crippen LogP contribution >= 0.6 is 0 Å². The van der Waals surface area contributed by atoms with Gasteiger partial charge in [-0.2, -0.15) is 0 Å². The summed E-state index contributed by atoms with van der Waals surface area (Å²) in [6.07, 6.45) is 4.03. The van der Waals surface area contributed by atoms with Crippen LogP contribution in [-0.2, 0) is 4.79 Å². The van der Waals surface area contributed by atoms with Crippen LogP contribution < -0.4 is 10.6 Å². The van der Waals surface area contributed by atoms with E-state index in [-0.39, 0.29) is 34.1 Å². The van der Waals surface area contributed by atoms with E-state index in [0.717, 1.165) is 25.7 Å². The third kappa shape index (κ3) is 5.16. The SMILES string of the molecule is CN1C(C)(C)CC(NC(=O)C(C)(C)NC2CC(C)(C)N(C)C(C)(C)C2)CC1(C)C. The van der Waals surface area contributed by atoms with E-state index in [9.17, 15) is 4.79 Å². The highest BCUT2D eigenvalue weighted by atomic mass is 16.2. The Morgan fingerprint density at radius 1 is 0.724 bits per heavy atom. The maximum atomic E-state index is 13.3. The summed E-state index contributed by atoms with van der Waals surface area (Å²) in [5, 5.41) is 7.11. The summed E-state index contributed by atoms with van der Waals surface area (Å²) < 4.78 is 0. The van der Waals surface area contributed by atoms with Gasteiger partial charge in [-0.1, -0.05) is 0 Å². The van der Waals surface area contributed by atoms with E-state index >= 15 is 0 Å². The molecule has 0 atom stereocenters. The second-order valence-electron chi connectivity index (χ2n) is 12.8. The van der Waals surface area contributed by atoms with Gasteiger partial charge >= 0.3 is 0 Å². The molecule has 0 saturated carbocycles. The molecule has 2 aliphatic heterocycles. The van der Waals surface area contributed by atoms with Gasteiger partial charge in [-0.25, -0.2) is 0 Å². The molecular formula is C24H48N4O. The lowest BCUT2D eigenvalue weighted by molar-refractivity contribution is -0.129. The van der Waals surface area contributed by atoms with Gasteiger partial charge in [0.15, 0.2) is 0 Å². The van der Waals surface area contributed by atoms with Gasteiger partial charge in [-0.3, -0.25) is 14.6 Å².